The first-order chi connectivity index (χ1) is 6.36. The minimum atomic E-state index is -3.58. The largest absolute Gasteiger partial charge is 0.238 e. The second-order valence-corrected chi connectivity index (χ2v) is 4.97. The molecule has 0 saturated heterocycles. The molecule has 0 amide bonds. The second kappa shape index (κ2) is 3.71. The molecule has 1 aromatic carbocycles. The Hall–Kier alpha value is -0.870. The van der Waals surface area contributed by atoms with Gasteiger partial charge in [0, 0.05) is 0 Å². The van der Waals surface area contributed by atoms with E-state index in [9.17, 15) is 8.42 Å². The Morgan fingerprint density at radius 3 is 2.21 bits per heavy atom. The lowest BCUT2D eigenvalue weighted by Gasteiger charge is -2.08. The van der Waals surface area contributed by atoms with E-state index >= 15 is 0 Å². The Kier molecular flexibility index (Phi) is 2.97. The molecule has 0 spiro atoms. The quantitative estimate of drug-likeness (QED) is 0.809. The standard InChI is InChI=1S/C10H15NO2S/c1-4-9-5-8(3)10(6-7(9)2)14(11,12)13/h5-6H,4H2,1-3H3,(H2,11,12,13). The second-order valence-electron chi connectivity index (χ2n) is 3.44. The van der Waals surface area contributed by atoms with Crippen LogP contribution in [-0.2, 0) is 16.4 Å². The number of aryl methyl sites for hydroxylation is 3. The Bertz CT molecular complexity index is 449. The fourth-order valence-electron chi connectivity index (χ4n) is 1.54. The lowest BCUT2D eigenvalue weighted by atomic mass is 10.0. The first-order valence-electron chi connectivity index (χ1n) is 4.49. The fourth-order valence-corrected chi connectivity index (χ4v) is 2.39. The SMILES string of the molecule is CCc1cc(C)c(S(N)(=O)=O)cc1C. The molecule has 1 rings (SSSR count). The lowest BCUT2D eigenvalue weighted by molar-refractivity contribution is 0.597. The molecule has 0 radical (unpaired) electrons. The zero-order valence-corrected chi connectivity index (χ0v) is 9.48. The molecule has 0 aliphatic carbocycles. The van der Waals surface area contributed by atoms with Crippen LogP contribution in [-0.4, -0.2) is 8.42 Å². The number of rotatable bonds is 2. The number of hydrogen-bond acceptors (Lipinski definition) is 2. The minimum Gasteiger partial charge on any atom is -0.225 e. The van der Waals surface area contributed by atoms with Crippen LogP contribution >= 0.6 is 0 Å². The van der Waals surface area contributed by atoms with Gasteiger partial charge in [0.25, 0.3) is 0 Å². The number of primary sulfonamides is 1. The van der Waals surface area contributed by atoms with Gasteiger partial charge < -0.3 is 0 Å². The molecule has 0 aromatic heterocycles. The van der Waals surface area contributed by atoms with Crippen molar-refractivity contribution in [3.63, 3.8) is 0 Å². The molecule has 0 fully saturated rings. The summed E-state index contributed by atoms with van der Waals surface area (Å²) in [7, 11) is -3.58. The summed E-state index contributed by atoms with van der Waals surface area (Å²) in [6, 6.07) is 3.53. The van der Waals surface area contributed by atoms with E-state index in [1.54, 1.807) is 13.0 Å². The third kappa shape index (κ3) is 2.13. The first-order valence-corrected chi connectivity index (χ1v) is 6.03. The van der Waals surface area contributed by atoms with E-state index in [-0.39, 0.29) is 4.90 Å². The highest BCUT2D eigenvalue weighted by molar-refractivity contribution is 7.89. The third-order valence-electron chi connectivity index (χ3n) is 2.32. The topological polar surface area (TPSA) is 60.2 Å². The minimum absolute atomic E-state index is 0.229. The van der Waals surface area contributed by atoms with E-state index in [2.05, 4.69) is 0 Å². The maximum atomic E-state index is 11.2. The zero-order chi connectivity index (χ0) is 10.9. The normalized spacial score (nSPS) is 11.7. The van der Waals surface area contributed by atoms with Crippen LogP contribution in [0, 0.1) is 13.8 Å². The molecule has 0 aliphatic heterocycles. The van der Waals surface area contributed by atoms with E-state index in [0.29, 0.717) is 0 Å². The van der Waals surface area contributed by atoms with Crippen molar-refractivity contribution >= 4 is 10.0 Å². The molecule has 1 aromatic rings. The first kappa shape index (κ1) is 11.2. The van der Waals surface area contributed by atoms with Gasteiger partial charge in [-0.15, -0.1) is 0 Å². The van der Waals surface area contributed by atoms with Crippen molar-refractivity contribution in [1.82, 2.24) is 0 Å². The fraction of sp³-hybridized carbons (Fsp3) is 0.400. The van der Waals surface area contributed by atoms with Gasteiger partial charge in [-0.1, -0.05) is 13.0 Å². The molecule has 0 saturated carbocycles. The summed E-state index contributed by atoms with van der Waals surface area (Å²) in [6.07, 6.45) is 0.900. The van der Waals surface area contributed by atoms with Crippen LogP contribution in [0.25, 0.3) is 0 Å². The van der Waals surface area contributed by atoms with Crippen LogP contribution in [0.2, 0.25) is 0 Å². The Balaban J connectivity index is 3.44. The van der Waals surface area contributed by atoms with Gasteiger partial charge in [0.05, 0.1) is 4.90 Å². The Morgan fingerprint density at radius 1 is 1.21 bits per heavy atom. The summed E-state index contributed by atoms with van der Waals surface area (Å²) in [5.74, 6) is 0. The Morgan fingerprint density at radius 2 is 1.79 bits per heavy atom. The van der Waals surface area contributed by atoms with E-state index in [1.165, 1.54) is 0 Å². The van der Waals surface area contributed by atoms with Crippen molar-refractivity contribution in [3.05, 3.63) is 28.8 Å². The number of sulfonamides is 1. The average molecular weight is 213 g/mol. The zero-order valence-electron chi connectivity index (χ0n) is 8.66. The van der Waals surface area contributed by atoms with Gasteiger partial charge in [-0.2, -0.15) is 0 Å². The Labute approximate surface area is 85.0 Å². The molecule has 4 heteroatoms. The molecular formula is C10H15NO2S. The van der Waals surface area contributed by atoms with Crippen LogP contribution in [0.4, 0.5) is 0 Å². The van der Waals surface area contributed by atoms with Gasteiger partial charge in [-0.25, -0.2) is 13.6 Å². The number of hydrogen-bond donors (Lipinski definition) is 1. The van der Waals surface area contributed by atoms with Gasteiger partial charge in [-0.3, -0.25) is 0 Å². The van der Waals surface area contributed by atoms with E-state index in [4.69, 9.17) is 5.14 Å². The van der Waals surface area contributed by atoms with Crippen LogP contribution in [0.5, 0.6) is 0 Å². The molecule has 78 valence electrons. The van der Waals surface area contributed by atoms with Crippen molar-refractivity contribution in [2.45, 2.75) is 32.1 Å². The predicted molar refractivity (Wildman–Crippen MR) is 56.7 cm³/mol. The summed E-state index contributed by atoms with van der Waals surface area (Å²) in [4.78, 5) is 0.229. The summed E-state index contributed by atoms with van der Waals surface area (Å²) < 4.78 is 22.4. The van der Waals surface area contributed by atoms with E-state index in [0.717, 1.165) is 23.1 Å². The number of nitrogens with two attached hydrogens (primary N) is 1. The van der Waals surface area contributed by atoms with Crippen LogP contribution in [0.15, 0.2) is 17.0 Å². The summed E-state index contributed by atoms with van der Waals surface area (Å²) in [5, 5.41) is 5.09. The molecular weight excluding hydrogens is 198 g/mol. The summed E-state index contributed by atoms with van der Waals surface area (Å²) in [5.41, 5.74) is 2.85. The maximum absolute atomic E-state index is 11.2. The molecule has 0 bridgehead atoms. The highest BCUT2D eigenvalue weighted by Crippen LogP contribution is 2.19. The third-order valence-corrected chi connectivity index (χ3v) is 3.37. The predicted octanol–water partition coefficient (Wildman–Crippen LogP) is 1.51. The molecule has 0 aliphatic rings. The summed E-state index contributed by atoms with van der Waals surface area (Å²) >= 11 is 0. The van der Waals surface area contributed by atoms with Gasteiger partial charge in [0.15, 0.2) is 0 Å². The molecule has 0 heterocycles. The van der Waals surface area contributed by atoms with Gasteiger partial charge >= 0.3 is 0 Å². The van der Waals surface area contributed by atoms with Crippen molar-refractivity contribution in [2.75, 3.05) is 0 Å². The van der Waals surface area contributed by atoms with Crippen LogP contribution in [0.3, 0.4) is 0 Å². The van der Waals surface area contributed by atoms with Crippen LogP contribution in [0.1, 0.15) is 23.6 Å². The highest BCUT2D eigenvalue weighted by atomic mass is 32.2. The van der Waals surface area contributed by atoms with Crippen molar-refractivity contribution < 1.29 is 8.42 Å². The van der Waals surface area contributed by atoms with E-state index < -0.39 is 10.0 Å². The maximum Gasteiger partial charge on any atom is 0.238 e. The van der Waals surface area contributed by atoms with Crippen molar-refractivity contribution in [3.8, 4) is 0 Å². The average Bonchev–Trinajstić information content (AvgIpc) is 2.06. The van der Waals surface area contributed by atoms with Gasteiger partial charge in [0.1, 0.15) is 0 Å². The molecule has 0 atom stereocenters. The molecule has 14 heavy (non-hydrogen) atoms. The number of benzene rings is 1. The van der Waals surface area contributed by atoms with Gasteiger partial charge in [0.2, 0.25) is 10.0 Å². The molecule has 0 unspecified atom stereocenters. The van der Waals surface area contributed by atoms with Gasteiger partial charge in [-0.05, 0) is 43.0 Å². The van der Waals surface area contributed by atoms with Crippen molar-refractivity contribution in [1.29, 1.82) is 0 Å². The highest BCUT2D eigenvalue weighted by Gasteiger charge is 2.12. The monoisotopic (exact) mass is 213 g/mol. The molecule has 3 nitrogen and oxygen atoms in total. The summed E-state index contributed by atoms with van der Waals surface area (Å²) in [6.45, 7) is 5.70. The lowest BCUT2D eigenvalue weighted by Crippen LogP contribution is -2.14. The van der Waals surface area contributed by atoms with Crippen molar-refractivity contribution in [2.24, 2.45) is 5.14 Å². The van der Waals surface area contributed by atoms with E-state index in [1.807, 2.05) is 19.9 Å². The molecule has 2 N–H and O–H groups in total. The van der Waals surface area contributed by atoms with Crippen LogP contribution < -0.4 is 5.14 Å². The smallest absolute Gasteiger partial charge is 0.225 e.